The fourth-order valence-electron chi connectivity index (χ4n) is 2.66. The molecule has 1 aromatic heterocycles. The molecule has 0 radical (unpaired) electrons. The number of hydrogen-bond acceptors (Lipinski definition) is 4. The number of carbonyl (C=O) groups is 1. The Morgan fingerprint density at radius 1 is 1.12 bits per heavy atom. The molecule has 3 rings (SSSR count). The van der Waals surface area contributed by atoms with Gasteiger partial charge in [-0.2, -0.15) is 0 Å². The molecule has 0 aliphatic rings. The molecule has 0 aliphatic heterocycles. The number of oxazole rings is 1. The third-order valence-corrected chi connectivity index (χ3v) is 4.17. The minimum Gasteiger partial charge on any atom is -0.497 e. The van der Waals surface area contributed by atoms with Crippen LogP contribution < -0.4 is 4.74 Å². The largest absolute Gasteiger partial charge is 0.497 e. The minimum absolute atomic E-state index is 0.0558. The van der Waals surface area contributed by atoms with Gasteiger partial charge in [-0.15, -0.1) is 0 Å². The molecule has 0 saturated heterocycles. The molecule has 0 aliphatic carbocycles. The average Bonchev–Trinajstić information content (AvgIpc) is 3.16. The van der Waals surface area contributed by atoms with Crippen LogP contribution in [0.15, 0.2) is 65.2 Å². The number of methoxy groups -OCH3 is 1. The van der Waals surface area contributed by atoms with E-state index in [-0.39, 0.29) is 5.91 Å². The number of carbonyl (C=O) groups excluding carboxylic acids is 1. The van der Waals surface area contributed by atoms with Crippen molar-refractivity contribution in [2.75, 3.05) is 14.2 Å². The molecule has 5 heteroatoms. The van der Waals surface area contributed by atoms with Gasteiger partial charge >= 0.3 is 0 Å². The Bertz CT molecular complexity index is 841. The summed E-state index contributed by atoms with van der Waals surface area (Å²) in [4.78, 5) is 18.3. The summed E-state index contributed by atoms with van der Waals surface area (Å²) in [5, 5.41) is 0. The van der Waals surface area contributed by atoms with Crippen LogP contribution in [-0.4, -0.2) is 29.9 Å². The monoisotopic (exact) mass is 350 g/mol. The van der Waals surface area contributed by atoms with E-state index in [4.69, 9.17) is 9.15 Å². The molecule has 0 bridgehead atoms. The van der Waals surface area contributed by atoms with Crippen LogP contribution >= 0.6 is 0 Å². The van der Waals surface area contributed by atoms with Gasteiger partial charge in [-0.3, -0.25) is 4.79 Å². The quantitative estimate of drug-likeness (QED) is 0.648. The lowest BCUT2D eigenvalue weighted by Gasteiger charge is -2.17. The number of hydrogen-bond donors (Lipinski definition) is 0. The van der Waals surface area contributed by atoms with Gasteiger partial charge < -0.3 is 14.1 Å². The van der Waals surface area contributed by atoms with Crippen molar-refractivity contribution in [2.45, 2.75) is 19.4 Å². The molecule has 1 amide bonds. The molecule has 0 saturated carbocycles. The summed E-state index contributed by atoms with van der Waals surface area (Å²) in [6.45, 7) is 0.559. The molecule has 5 nitrogen and oxygen atoms in total. The molecular weight excluding hydrogens is 328 g/mol. The second-order valence-corrected chi connectivity index (χ2v) is 6.08. The maximum Gasteiger partial charge on any atom is 0.223 e. The van der Waals surface area contributed by atoms with Crippen molar-refractivity contribution < 1.29 is 13.9 Å². The predicted molar refractivity (Wildman–Crippen MR) is 99.7 cm³/mol. The number of rotatable bonds is 7. The lowest BCUT2D eigenvalue weighted by atomic mass is 10.2. The van der Waals surface area contributed by atoms with Gasteiger partial charge in [-0.1, -0.05) is 42.5 Å². The lowest BCUT2D eigenvalue weighted by molar-refractivity contribution is -0.130. The highest BCUT2D eigenvalue weighted by Gasteiger charge is 2.12. The van der Waals surface area contributed by atoms with E-state index in [9.17, 15) is 4.79 Å². The smallest absolute Gasteiger partial charge is 0.223 e. The number of ether oxygens (including phenoxy) is 1. The molecule has 134 valence electrons. The topological polar surface area (TPSA) is 55.6 Å². The SMILES string of the molecule is COc1ccc(CN(C)C(=O)CCc2ncc(-c3ccccc3)o2)cc1. The second kappa shape index (κ2) is 8.34. The van der Waals surface area contributed by atoms with Gasteiger partial charge in [0.15, 0.2) is 11.7 Å². The van der Waals surface area contributed by atoms with Crippen molar-refractivity contribution in [3.05, 3.63) is 72.2 Å². The van der Waals surface area contributed by atoms with Gasteiger partial charge in [0, 0.05) is 32.0 Å². The van der Waals surface area contributed by atoms with Crippen molar-refractivity contribution in [3.63, 3.8) is 0 Å². The van der Waals surface area contributed by atoms with Crippen molar-refractivity contribution >= 4 is 5.91 Å². The van der Waals surface area contributed by atoms with Crippen LogP contribution in [0.25, 0.3) is 11.3 Å². The van der Waals surface area contributed by atoms with Crippen LogP contribution in [-0.2, 0) is 17.8 Å². The molecule has 0 atom stereocenters. The van der Waals surface area contributed by atoms with Gasteiger partial charge in [-0.05, 0) is 17.7 Å². The Morgan fingerprint density at radius 2 is 1.85 bits per heavy atom. The summed E-state index contributed by atoms with van der Waals surface area (Å²) in [6, 6.07) is 17.5. The van der Waals surface area contributed by atoms with Gasteiger partial charge in [0.25, 0.3) is 0 Å². The fraction of sp³-hybridized carbons (Fsp3) is 0.238. The normalized spacial score (nSPS) is 10.5. The summed E-state index contributed by atoms with van der Waals surface area (Å²) < 4.78 is 10.9. The fourth-order valence-corrected chi connectivity index (χ4v) is 2.66. The van der Waals surface area contributed by atoms with E-state index < -0.39 is 0 Å². The Kier molecular flexibility index (Phi) is 5.69. The molecular formula is C21H22N2O3. The summed E-state index contributed by atoms with van der Waals surface area (Å²) in [6.07, 6.45) is 2.55. The standard InChI is InChI=1S/C21H22N2O3/c1-23(15-16-8-10-18(25-2)11-9-16)21(24)13-12-20-22-14-19(26-20)17-6-4-3-5-7-17/h3-11,14H,12-13,15H2,1-2H3. The Labute approximate surface area is 153 Å². The molecule has 2 aromatic carbocycles. The Morgan fingerprint density at radius 3 is 2.54 bits per heavy atom. The Balaban J connectivity index is 1.52. The maximum atomic E-state index is 12.4. The average molecular weight is 350 g/mol. The zero-order valence-corrected chi connectivity index (χ0v) is 15.0. The van der Waals surface area contributed by atoms with E-state index in [1.165, 1.54) is 0 Å². The number of benzene rings is 2. The first-order chi connectivity index (χ1) is 12.7. The maximum absolute atomic E-state index is 12.4. The first kappa shape index (κ1) is 17.7. The summed E-state index contributed by atoms with van der Waals surface area (Å²) in [5.41, 5.74) is 2.04. The number of aromatic nitrogens is 1. The van der Waals surface area contributed by atoms with E-state index >= 15 is 0 Å². The van der Waals surface area contributed by atoms with Gasteiger partial charge in [0.2, 0.25) is 5.91 Å². The van der Waals surface area contributed by atoms with Gasteiger partial charge in [0.05, 0.1) is 13.3 Å². The molecule has 0 fully saturated rings. The lowest BCUT2D eigenvalue weighted by Crippen LogP contribution is -2.26. The van der Waals surface area contributed by atoms with Gasteiger partial charge in [-0.25, -0.2) is 4.98 Å². The van der Waals surface area contributed by atoms with Crippen molar-refractivity contribution in [1.82, 2.24) is 9.88 Å². The van der Waals surface area contributed by atoms with Crippen molar-refractivity contribution in [3.8, 4) is 17.1 Å². The van der Waals surface area contributed by atoms with Crippen LogP contribution in [0.5, 0.6) is 5.75 Å². The van der Waals surface area contributed by atoms with Crippen LogP contribution in [0.4, 0.5) is 0 Å². The second-order valence-electron chi connectivity index (χ2n) is 6.08. The van der Waals surface area contributed by atoms with E-state index in [2.05, 4.69) is 4.98 Å². The highest BCUT2D eigenvalue weighted by molar-refractivity contribution is 5.76. The number of aryl methyl sites for hydroxylation is 1. The van der Waals surface area contributed by atoms with Crippen LogP contribution in [0.3, 0.4) is 0 Å². The van der Waals surface area contributed by atoms with Crippen LogP contribution in [0.2, 0.25) is 0 Å². The zero-order valence-electron chi connectivity index (χ0n) is 15.0. The highest BCUT2D eigenvalue weighted by atomic mass is 16.5. The molecule has 1 heterocycles. The van der Waals surface area contributed by atoms with E-state index in [1.807, 2.05) is 54.6 Å². The van der Waals surface area contributed by atoms with Gasteiger partial charge in [0.1, 0.15) is 5.75 Å². The van der Waals surface area contributed by atoms with Crippen LogP contribution in [0, 0.1) is 0 Å². The summed E-state index contributed by atoms with van der Waals surface area (Å²) in [7, 11) is 3.44. The molecule has 0 N–H and O–H groups in total. The minimum atomic E-state index is 0.0558. The molecule has 0 unspecified atom stereocenters. The third kappa shape index (κ3) is 4.51. The van der Waals surface area contributed by atoms with E-state index in [0.717, 1.165) is 22.6 Å². The highest BCUT2D eigenvalue weighted by Crippen LogP contribution is 2.20. The van der Waals surface area contributed by atoms with E-state index in [1.54, 1.807) is 25.3 Å². The third-order valence-electron chi connectivity index (χ3n) is 4.17. The first-order valence-electron chi connectivity index (χ1n) is 8.52. The number of nitrogens with zero attached hydrogens (tertiary/aromatic N) is 2. The summed E-state index contributed by atoms with van der Waals surface area (Å²) in [5.74, 6) is 2.16. The first-order valence-corrected chi connectivity index (χ1v) is 8.52. The van der Waals surface area contributed by atoms with E-state index in [0.29, 0.717) is 25.3 Å². The number of amides is 1. The van der Waals surface area contributed by atoms with Crippen LogP contribution in [0.1, 0.15) is 17.9 Å². The van der Waals surface area contributed by atoms with Crippen molar-refractivity contribution in [1.29, 1.82) is 0 Å². The Hall–Kier alpha value is -3.08. The molecule has 0 spiro atoms. The molecule has 3 aromatic rings. The van der Waals surface area contributed by atoms with Crippen molar-refractivity contribution in [2.24, 2.45) is 0 Å². The zero-order chi connectivity index (χ0) is 18.4. The summed E-state index contributed by atoms with van der Waals surface area (Å²) >= 11 is 0. The predicted octanol–water partition coefficient (Wildman–Crippen LogP) is 3.94. The molecule has 26 heavy (non-hydrogen) atoms.